The van der Waals surface area contributed by atoms with E-state index in [0.29, 0.717) is 12.2 Å². The summed E-state index contributed by atoms with van der Waals surface area (Å²) >= 11 is 1.73. The molecular formula is C18H26OS. The van der Waals surface area contributed by atoms with Crippen LogP contribution in [0, 0.1) is 5.41 Å². The van der Waals surface area contributed by atoms with E-state index in [4.69, 9.17) is 0 Å². The van der Waals surface area contributed by atoms with E-state index in [1.807, 2.05) is 18.2 Å². The van der Waals surface area contributed by atoms with E-state index in [1.165, 1.54) is 4.90 Å². The van der Waals surface area contributed by atoms with Crippen molar-refractivity contribution in [1.82, 2.24) is 0 Å². The van der Waals surface area contributed by atoms with Crippen LogP contribution in [0.5, 0.6) is 0 Å². The van der Waals surface area contributed by atoms with Crippen molar-refractivity contribution < 1.29 is 4.79 Å². The predicted octanol–water partition coefficient (Wildman–Crippen LogP) is 5.86. The number of benzene rings is 1. The van der Waals surface area contributed by atoms with E-state index in [2.05, 4.69) is 44.4 Å². The summed E-state index contributed by atoms with van der Waals surface area (Å²) in [6, 6.07) is 10.3. The van der Waals surface area contributed by atoms with Gasteiger partial charge in [0.2, 0.25) is 0 Å². The largest absolute Gasteiger partial charge is 0.300 e. The number of allylic oxidation sites excluding steroid dienone is 1. The second-order valence-corrected chi connectivity index (χ2v) is 6.97. The number of Topliss-reactive ketones (excluding diaryl/α,β-unsaturated/α-hetero) is 1. The fraction of sp³-hybridized carbons (Fsp3) is 0.500. The number of hydrogen-bond acceptors (Lipinski definition) is 2. The summed E-state index contributed by atoms with van der Waals surface area (Å²) in [7, 11) is 0. The second kappa shape index (κ2) is 9.02. The van der Waals surface area contributed by atoms with Gasteiger partial charge >= 0.3 is 0 Å². The Labute approximate surface area is 127 Å². The number of carbonyl (C=O) groups excluding carboxylic acids is 1. The maximum absolute atomic E-state index is 11.8. The van der Waals surface area contributed by atoms with E-state index < -0.39 is 0 Å². The van der Waals surface area contributed by atoms with Gasteiger partial charge < -0.3 is 0 Å². The van der Waals surface area contributed by atoms with Crippen LogP contribution in [-0.4, -0.2) is 5.78 Å². The minimum absolute atomic E-state index is 0.0680. The first-order chi connectivity index (χ1) is 9.53. The third-order valence-corrected chi connectivity index (χ3v) is 4.07. The average molecular weight is 290 g/mol. The van der Waals surface area contributed by atoms with Crippen LogP contribution in [0.1, 0.15) is 52.9 Å². The molecule has 0 spiro atoms. The van der Waals surface area contributed by atoms with Gasteiger partial charge in [0.15, 0.2) is 0 Å². The van der Waals surface area contributed by atoms with E-state index >= 15 is 0 Å². The Kier molecular flexibility index (Phi) is 7.68. The van der Waals surface area contributed by atoms with Gasteiger partial charge in [-0.15, -0.1) is 0 Å². The molecule has 1 rings (SSSR count). The van der Waals surface area contributed by atoms with E-state index in [9.17, 15) is 4.79 Å². The molecule has 0 heterocycles. The molecule has 110 valence electrons. The first-order valence-corrected chi connectivity index (χ1v) is 8.30. The van der Waals surface area contributed by atoms with Gasteiger partial charge in [0, 0.05) is 17.7 Å². The summed E-state index contributed by atoms with van der Waals surface area (Å²) in [5, 5.41) is 2.13. The molecule has 0 saturated heterocycles. The van der Waals surface area contributed by atoms with Crippen LogP contribution in [0.4, 0.5) is 0 Å². The molecule has 1 aromatic rings. The summed E-state index contributed by atoms with van der Waals surface area (Å²) < 4.78 is 0. The first-order valence-electron chi connectivity index (χ1n) is 7.42. The van der Waals surface area contributed by atoms with E-state index in [-0.39, 0.29) is 5.41 Å². The number of unbranched alkanes of at least 4 members (excludes halogenated alkanes) is 1. The van der Waals surface area contributed by atoms with Gasteiger partial charge in [-0.3, -0.25) is 4.79 Å². The molecular weight excluding hydrogens is 264 g/mol. The Morgan fingerprint density at radius 3 is 2.60 bits per heavy atom. The molecule has 0 unspecified atom stereocenters. The summed E-state index contributed by atoms with van der Waals surface area (Å²) in [6.45, 7) is 6.48. The van der Waals surface area contributed by atoms with Crippen molar-refractivity contribution in [3.05, 3.63) is 41.8 Å². The van der Waals surface area contributed by atoms with Crippen LogP contribution < -0.4 is 0 Å². The molecule has 0 fully saturated rings. The van der Waals surface area contributed by atoms with Crippen molar-refractivity contribution in [2.75, 3.05) is 0 Å². The monoisotopic (exact) mass is 290 g/mol. The van der Waals surface area contributed by atoms with Crippen molar-refractivity contribution in [2.24, 2.45) is 5.41 Å². The van der Waals surface area contributed by atoms with Gasteiger partial charge in [-0.2, -0.15) is 0 Å². The Morgan fingerprint density at radius 2 is 1.95 bits per heavy atom. The topological polar surface area (TPSA) is 17.1 Å². The van der Waals surface area contributed by atoms with Crippen LogP contribution in [-0.2, 0) is 4.79 Å². The first kappa shape index (κ1) is 17.0. The van der Waals surface area contributed by atoms with Crippen molar-refractivity contribution >= 4 is 17.5 Å². The van der Waals surface area contributed by atoms with Crippen molar-refractivity contribution in [2.45, 2.75) is 57.8 Å². The highest BCUT2D eigenvalue weighted by atomic mass is 32.2. The molecule has 2 heteroatoms. The molecule has 0 aliphatic rings. The quantitative estimate of drug-likeness (QED) is 0.530. The highest BCUT2D eigenvalue weighted by Gasteiger charge is 2.19. The maximum atomic E-state index is 11.8. The minimum atomic E-state index is 0.0680. The van der Waals surface area contributed by atoms with Gasteiger partial charge in [0.05, 0.1) is 0 Å². The summed E-state index contributed by atoms with van der Waals surface area (Å²) in [5.41, 5.74) is 0.0680. The third-order valence-electron chi connectivity index (χ3n) is 3.20. The van der Waals surface area contributed by atoms with Gasteiger partial charge in [-0.05, 0) is 35.8 Å². The van der Waals surface area contributed by atoms with Crippen LogP contribution in [0.3, 0.4) is 0 Å². The van der Waals surface area contributed by atoms with Gasteiger partial charge in [-0.1, -0.05) is 63.2 Å². The minimum Gasteiger partial charge on any atom is -0.300 e. The van der Waals surface area contributed by atoms with Gasteiger partial charge in [0.25, 0.3) is 0 Å². The summed E-state index contributed by atoms with van der Waals surface area (Å²) in [4.78, 5) is 13.1. The molecule has 0 aromatic heterocycles. The van der Waals surface area contributed by atoms with Crippen LogP contribution >= 0.6 is 11.8 Å². The number of ketones is 1. The fourth-order valence-electron chi connectivity index (χ4n) is 2.06. The lowest BCUT2D eigenvalue weighted by Crippen LogP contribution is -2.16. The number of rotatable bonds is 9. The van der Waals surface area contributed by atoms with Crippen molar-refractivity contribution in [3.63, 3.8) is 0 Å². The molecule has 0 bridgehead atoms. The second-order valence-electron chi connectivity index (χ2n) is 5.99. The average Bonchev–Trinajstić information content (AvgIpc) is 2.42. The molecule has 0 saturated carbocycles. The lowest BCUT2D eigenvalue weighted by molar-refractivity contribution is -0.121. The summed E-state index contributed by atoms with van der Waals surface area (Å²) in [5.74, 6) is 0.404. The highest BCUT2D eigenvalue weighted by molar-refractivity contribution is 8.02. The fourth-order valence-corrected chi connectivity index (χ4v) is 2.73. The van der Waals surface area contributed by atoms with Crippen molar-refractivity contribution in [3.8, 4) is 0 Å². The van der Waals surface area contributed by atoms with Crippen LogP contribution in [0.25, 0.3) is 0 Å². The third kappa shape index (κ3) is 7.54. The van der Waals surface area contributed by atoms with Gasteiger partial charge in [-0.25, -0.2) is 0 Å². The smallest absolute Gasteiger partial charge is 0.133 e. The number of hydrogen-bond donors (Lipinski definition) is 0. The Hall–Kier alpha value is -1.02. The molecule has 0 N–H and O–H groups in total. The Morgan fingerprint density at radius 1 is 1.25 bits per heavy atom. The van der Waals surface area contributed by atoms with Crippen LogP contribution in [0.15, 0.2) is 46.7 Å². The zero-order valence-corrected chi connectivity index (χ0v) is 13.7. The number of thioether (sulfide) groups is 1. The molecule has 1 aromatic carbocycles. The maximum Gasteiger partial charge on any atom is 0.133 e. The molecule has 0 amide bonds. The zero-order valence-electron chi connectivity index (χ0n) is 12.9. The SMILES string of the molecule is CCCCC(=O)CC(C)(C)CC=CSc1ccccc1. The van der Waals surface area contributed by atoms with Gasteiger partial charge in [0.1, 0.15) is 5.78 Å². The Bertz CT molecular complexity index is 420. The van der Waals surface area contributed by atoms with E-state index in [0.717, 1.165) is 25.7 Å². The van der Waals surface area contributed by atoms with Crippen molar-refractivity contribution in [1.29, 1.82) is 0 Å². The summed E-state index contributed by atoms with van der Waals surface area (Å²) in [6.07, 6.45) is 6.68. The van der Waals surface area contributed by atoms with E-state index in [1.54, 1.807) is 11.8 Å². The standard InChI is InChI=1S/C18H26OS/c1-4-5-10-16(19)15-18(2,3)13-9-14-20-17-11-7-6-8-12-17/h6-9,11-12,14H,4-5,10,13,15H2,1-3H3. The molecule has 0 atom stereocenters. The predicted molar refractivity (Wildman–Crippen MR) is 89.0 cm³/mol. The lowest BCUT2D eigenvalue weighted by atomic mass is 9.83. The Balaban J connectivity index is 2.33. The van der Waals surface area contributed by atoms with Crippen LogP contribution in [0.2, 0.25) is 0 Å². The zero-order chi connectivity index (χ0) is 14.8. The lowest BCUT2D eigenvalue weighted by Gasteiger charge is -2.21. The molecule has 0 radical (unpaired) electrons. The normalized spacial score (nSPS) is 11.9. The molecule has 20 heavy (non-hydrogen) atoms. The number of carbonyl (C=O) groups is 1. The highest BCUT2D eigenvalue weighted by Crippen LogP contribution is 2.28. The molecule has 1 nitrogen and oxygen atoms in total. The molecule has 0 aliphatic carbocycles. The molecule has 0 aliphatic heterocycles.